The Hall–Kier alpha value is -0.393. The average molecular weight is 246 g/mol. The molecule has 1 aliphatic rings. The molecule has 1 unspecified atom stereocenters. The fourth-order valence-electron chi connectivity index (χ4n) is 1.85. The Balaban J connectivity index is 3.32. The van der Waals surface area contributed by atoms with E-state index in [0.29, 0.717) is 6.42 Å². The summed E-state index contributed by atoms with van der Waals surface area (Å²) in [5.74, 6) is 0. The van der Waals surface area contributed by atoms with Gasteiger partial charge in [-0.05, 0) is 13.3 Å². The first-order chi connectivity index (χ1) is 6.60. The van der Waals surface area contributed by atoms with Crippen molar-refractivity contribution in [2.45, 2.75) is 37.4 Å². The molecule has 0 saturated heterocycles. The normalized spacial score (nSPS) is 27.7. The molecule has 0 saturated carbocycles. The lowest BCUT2D eigenvalue weighted by Crippen LogP contribution is -2.56. The minimum Gasteiger partial charge on any atom is -0.285 e. The Bertz CT molecular complexity index is 414. The maximum Gasteiger partial charge on any atom is 0.271 e. The summed E-state index contributed by atoms with van der Waals surface area (Å²) in [5, 5.41) is 0. The molecule has 3 nitrogen and oxygen atoms in total. The van der Waals surface area contributed by atoms with E-state index in [1.54, 1.807) is 12.2 Å². The van der Waals surface area contributed by atoms with Gasteiger partial charge >= 0.3 is 0 Å². The van der Waals surface area contributed by atoms with Gasteiger partial charge in [-0.25, -0.2) is 0 Å². The van der Waals surface area contributed by atoms with Gasteiger partial charge in [-0.2, -0.15) is 8.42 Å². The second kappa shape index (κ2) is 3.57. The molecule has 0 heterocycles. The van der Waals surface area contributed by atoms with Gasteiger partial charge in [0.15, 0.2) is 0 Å². The van der Waals surface area contributed by atoms with Crippen LogP contribution in [0.1, 0.15) is 13.3 Å². The highest BCUT2D eigenvalue weighted by atomic mass is 32.2. The van der Waals surface area contributed by atoms with Crippen LogP contribution in [0.3, 0.4) is 0 Å². The summed E-state index contributed by atoms with van der Waals surface area (Å²) >= 11 is 0. The van der Waals surface area contributed by atoms with Gasteiger partial charge in [0, 0.05) is 0 Å². The molecule has 0 fully saturated rings. The Morgan fingerprint density at radius 2 is 1.93 bits per heavy atom. The summed E-state index contributed by atoms with van der Waals surface area (Å²) in [4.78, 5) is 0. The van der Waals surface area contributed by atoms with Gasteiger partial charge in [0.2, 0.25) is 0 Å². The van der Waals surface area contributed by atoms with Gasteiger partial charge in [0.1, 0.15) is 4.37 Å². The predicted molar refractivity (Wildman–Crippen MR) is 65.1 cm³/mol. The zero-order chi connectivity index (χ0) is 11.9. The predicted octanol–water partition coefficient (Wildman–Crippen LogP) is 2.40. The summed E-state index contributed by atoms with van der Waals surface area (Å²) in [6.07, 6.45) is 5.73. The Morgan fingerprint density at radius 3 is 2.20 bits per heavy atom. The molecule has 0 amide bonds. The van der Waals surface area contributed by atoms with E-state index in [4.69, 9.17) is 0 Å². The topological polar surface area (TPSA) is 54.4 Å². The fraction of sp³-hybridized carbons (Fsp3) is 0.600. The van der Waals surface area contributed by atoms with Gasteiger partial charge in [0.05, 0.1) is 8.07 Å². The maximum atomic E-state index is 11.6. The van der Waals surface area contributed by atoms with Gasteiger partial charge < -0.3 is 0 Å². The third-order valence-electron chi connectivity index (χ3n) is 3.07. The van der Waals surface area contributed by atoms with Crippen LogP contribution in [-0.4, -0.2) is 25.4 Å². The number of rotatable bonds is 2. The van der Waals surface area contributed by atoms with Crippen LogP contribution in [0, 0.1) is 0 Å². The highest BCUT2D eigenvalue weighted by Crippen LogP contribution is 2.37. The van der Waals surface area contributed by atoms with Crippen molar-refractivity contribution in [1.29, 1.82) is 0 Å². The van der Waals surface area contributed by atoms with Crippen LogP contribution < -0.4 is 0 Å². The van der Waals surface area contributed by atoms with Crippen molar-refractivity contribution in [2.75, 3.05) is 0 Å². The first kappa shape index (κ1) is 12.7. The molecule has 15 heavy (non-hydrogen) atoms. The standard InChI is InChI=1S/C10H18O3SSi/c1-9-5-7-10(8-6-9,14(11,12)13)15(2,3)4/h5-7H,8H2,1-4H3,(H,11,12,13). The van der Waals surface area contributed by atoms with E-state index in [2.05, 4.69) is 0 Å². The first-order valence-corrected chi connectivity index (χ1v) is 9.87. The van der Waals surface area contributed by atoms with Crippen LogP contribution in [-0.2, 0) is 10.1 Å². The van der Waals surface area contributed by atoms with E-state index in [0.717, 1.165) is 5.57 Å². The van der Waals surface area contributed by atoms with Crippen LogP contribution in [0.5, 0.6) is 0 Å². The van der Waals surface area contributed by atoms with Gasteiger partial charge in [-0.1, -0.05) is 43.4 Å². The second-order valence-electron chi connectivity index (χ2n) is 5.10. The quantitative estimate of drug-likeness (QED) is 0.601. The highest BCUT2D eigenvalue weighted by molar-refractivity contribution is 7.89. The van der Waals surface area contributed by atoms with Crippen molar-refractivity contribution in [3.63, 3.8) is 0 Å². The minimum absolute atomic E-state index is 0.393. The van der Waals surface area contributed by atoms with Crippen LogP contribution in [0.2, 0.25) is 19.6 Å². The van der Waals surface area contributed by atoms with E-state index in [1.807, 2.05) is 32.6 Å². The SMILES string of the molecule is CC1=CCC([Si](C)(C)C)(S(=O)(=O)O)C=C1. The number of hydrogen-bond donors (Lipinski definition) is 1. The molecule has 0 aromatic carbocycles. The highest BCUT2D eigenvalue weighted by Gasteiger charge is 2.51. The molecule has 86 valence electrons. The van der Waals surface area contributed by atoms with Crippen LogP contribution in [0.25, 0.3) is 0 Å². The molecule has 0 aromatic rings. The molecule has 1 N–H and O–H groups in total. The lowest BCUT2D eigenvalue weighted by Gasteiger charge is -2.39. The smallest absolute Gasteiger partial charge is 0.271 e. The first-order valence-electron chi connectivity index (χ1n) is 4.93. The summed E-state index contributed by atoms with van der Waals surface area (Å²) in [6, 6.07) is 0. The summed E-state index contributed by atoms with van der Waals surface area (Å²) in [5.41, 5.74) is 1.05. The van der Waals surface area contributed by atoms with Crippen LogP contribution >= 0.6 is 0 Å². The van der Waals surface area contributed by atoms with Gasteiger partial charge in [-0.3, -0.25) is 4.55 Å². The molecule has 0 aliphatic heterocycles. The average Bonchev–Trinajstić information content (AvgIpc) is 2.00. The zero-order valence-corrected chi connectivity index (χ0v) is 11.4. The lowest BCUT2D eigenvalue weighted by molar-refractivity contribution is 0.465. The summed E-state index contributed by atoms with van der Waals surface area (Å²) < 4.78 is 31.5. The molecule has 1 aliphatic carbocycles. The van der Waals surface area contributed by atoms with E-state index in [9.17, 15) is 13.0 Å². The Morgan fingerprint density at radius 1 is 1.40 bits per heavy atom. The molecule has 1 atom stereocenters. The van der Waals surface area contributed by atoms with Gasteiger partial charge in [0.25, 0.3) is 10.1 Å². The largest absolute Gasteiger partial charge is 0.285 e. The van der Waals surface area contributed by atoms with E-state index >= 15 is 0 Å². The van der Waals surface area contributed by atoms with Crippen molar-refractivity contribution in [3.8, 4) is 0 Å². The van der Waals surface area contributed by atoms with Crippen molar-refractivity contribution in [3.05, 3.63) is 23.8 Å². The monoisotopic (exact) mass is 246 g/mol. The molecule has 0 aromatic heterocycles. The Kier molecular flexibility index (Phi) is 3.02. The number of hydrogen-bond acceptors (Lipinski definition) is 2. The van der Waals surface area contributed by atoms with Crippen LogP contribution in [0.4, 0.5) is 0 Å². The zero-order valence-electron chi connectivity index (χ0n) is 9.61. The third-order valence-corrected chi connectivity index (χ3v) is 9.82. The van der Waals surface area contributed by atoms with Gasteiger partial charge in [-0.15, -0.1) is 0 Å². The van der Waals surface area contributed by atoms with Crippen molar-refractivity contribution in [1.82, 2.24) is 0 Å². The molecular weight excluding hydrogens is 228 g/mol. The molecule has 0 radical (unpaired) electrons. The van der Waals surface area contributed by atoms with Crippen LogP contribution in [0.15, 0.2) is 23.8 Å². The lowest BCUT2D eigenvalue weighted by atomic mass is 10.1. The van der Waals surface area contributed by atoms with Crippen molar-refractivity contribution >= 4 is 18.2 Å². The molecular formula is C10H18O3SSi. The van der Waals surface area contributed by atoms with Crippen molar-refractivity contribution < 1.29 is 13.0 Å². The minimum atomic E-state index is -4.04. The van der Waals surface area contributed by atoms with E-state index in [1.165, 1.54) is 0 Å². The molecule has 1 rings (SSSR count). The fourth-order valence-corrected chi connectivity index (χ4v) is 6.78. The number of allylic oxidation sites excluding steroid dienone is 3. The molecule has 0 spiro atoms. The second-order valence-corrected chi connectivity index (χ2v) is 12.5. The maximum absolute atomic E-state index is 11.6. The summed E-state index contributed by atoms with van der Waals surface area (Å²) in [6.45, 7) is 7.80. The van der Waals surface area contributed by atoms with Crippen molar-refractivity contribution in [2.24, 2.45) is 0 Å². The van der Waals surface area contributed by atoms with E-state index < -0.39 is 22.6 Å². The molecule has 0 bridgehead atoms. The molecule has 5 heteroatoms. The van der Waals surface area contributed by atoms with E-state index in [-0.39, 0.29) is 0 Å². The Labute approximate surface area is 92.6 Å². The summed E-state index contributed by atoms with van der Waals surface area (Å²) in [7, 11) is -6.08. The third kappa shape index (κ3) is 2.09.